The van der Waals surface area contributed by atoms with Gasteiger partial charge in [-0.05, 0) is 31.2 Å². The summed E-state index contributed by atoms with van der Waals surface area (Å²) in [5.74, 6) is 0.947. The Labute approximate surface area is 142 Å². The van der Waals surface area contributed by atoms with Gasteiger partial charge in [0.15, 0.2) is 5.82 Å². The molecule has 1 heterocycles. The molecule has 0 aliphatic carbocycles. The molecular weight excluding hydrogens is 349 g/mol. The standard InChI is InChI=1S/C14H12Cl3N3O2/c1-7(9-5-8(22-2)3-4-12(9)21)19-20-14-11(16)6-10(15)13(17)18-14/h3-6,21H,1-2H3,(H,18,20)/b19-7+. The number of nitrogens with zero attached hydrogens (tertiary/aromatic N) is 2. The van der Waals surface area contributed by atoms with Gasteiger partial charge in [-0.15, -0.1) is 0 Å². The van der Waals surface area contributed by atoms with E-state index >= 15 is 0 Å². The molecule has 0 fully saturated rings. The van der Waals surface area contributed by atoms with E-state index < -0.39 is 0 Å². The summed E-state index contributed by atoms with van der Waals surface area (Å²) in [7, 11) is 1.54. The molecule has 22 heavy (non-hydrogen) atoms. The summed E-state index contributed by atoms with van der Waals surface area (Å²) in [6, 6.07) is 6.31. The lowest BCUT2D eigenvalue weighted by Crippen LogP contribution is -2.02. The number of aromatic hydroxyl groups is 1. The van der Waals surface area contributed by atoms with E-state index in [4.69, 9.17) is 39.5 Å². The van der Waals surface area contributed by atoms with Gasteiger partial charge in [-0.3, -0.25) is 5.43 Å². The summed E-state index contributed by atoms with van der Waals surface area (Å²) in [5, 5.41) is 14.7. The quantitative estimate of drug-likeness (QED) is 0.475. The Hall–Kier alpha value is -1.69. The number of aromatic nitrogens is 1. The van der Waals surface area contributed by atoms with Crippen LogP contribution in [0, 0.1) is 0 Å². The summed E-state index contributed by atoms with van der Waals surface area (Å²) in [6.45, 7) is 1.72. The van der Waals surface area contributed by atoms with Gasteiger partial charge in [0.2, 0.25) is 0 Å². The molecule has 5 nitrogen and oxygen atoms in total. The van der Waals surface area contributed by atoms with Gasteiger partial charge in [0.25, 0.3) is 0 Å². The van der Waals surface area contributed by atoms with Crippen LogP contribution in [-0.4, -0.2) is 22.9 Å². The number of phenolic OH excluding ortho intramolecular Hbond substituents is 1. The van der Waals surface area contributed by atoms with E-state index in [2.05, 4.69) is 15.5 Å². The molecular formula is C14H12Cl3N3O2. The topological polar surface area (TPSA) is 66.7 Å². The zero-order chi connectivity index (χ0) is 16.3. The van der Waals surface area contributed by atoms with Gasteiger partial charge in [-0.1, -0.05) is 34.8 Å². The Bertz CT molecular complexity index is 736. The molecule has 2 rings (SSSR count). The Balaban J connectivity index is 2.29. The molecule has 1 aromatic carbocycles. The average molecular weight is 361 g/mol. The number of rotatable bonds is 4. The average Bonchev–Trinajstić information content (AvgIpc) is 2.49. The maximum Gasteiger partial charge on any atom is 0.166 e. The Morgan fingerprint density at radius 2 is 1.95 bits per heavy atom. The van der Waals surface area contributed by atoms with Crippen LogP contribution < -0.4 is 10.2 Å². The molecule has 0 atom stereocenters. The fourth-order valence-corrected chi connectivity index (χ4v) is 2.19. The third kappa shape index (κ3) is 3.74. The molecule has 8 heteroatoms. The highest BCUT2D eigenvalue weighted by Gasteiger charge is 2.09. The summed E-state index contributed by atoms with van der Waals surface area (Å²) in [6.07, 6.45) is 0. The first-order valence-electron chi connectivity index (χ1n) is 6.11. The Morgan fingerprint density at radius 3 is 2.64 bits per heavy atom. The normalized spacial score (nSPS) is 11.4. The van der Waals surface area contributed by atoms with Crippen molar-refractivity contribution in [3.05, 3.63) is 45.0 Å². The second-order valence-corrected chi connectivity index (χ2v) is 5.46. The van der Waals surface area contributed by atoms with Crippen LogP contribution in [0.25, 0.3) is 0 Å². The summed E-state index contributed by atoms with van der Waals surface area (Å²) in [4.78, 5) is 3.99. The van der Waals surface area contributed by atoms with Crippen molar-refractivity contribution in [2.75, 3.05) is 12.5 Å². The van der Waals surface area contributed by atoms with Crippen molar-refractivity contribution in [2.24, 2.45) is 5.10 Å². The second kappa shape index (κ2) is 7.05. The van der Waals surface area contributed by atoms with Crippen molar-refractivity contribution in [3.63, 3.8) is 0 Å². The number of nitrogens with one attached hydrogen (secondary N) is 1. The SMILES string of the molecule is COc1ccc(O)c(/C(C)=N/Nc2nc(Cl)c(Cl)cc2Cl)c1. The highest BCUT2D eigenvalue weighted by atomic mass is 35.5. The van der Waals surface area contributed by atoms with Crippen molar-refractivity contribution in [2.45, 2.75) is 6.92 Å². The van der Waals surface area contributed by atoms with Crippen LogP contribution in [0.15, 0.2) is 29.4 Å². The summed E-state index contributed by atoms with van der Waals surface area (Å²) >= 11 is 17.6. The van der Waals surface area contributed by atoms with Crippen molar-refractivity contribution in [3.8, 4) is 11.5 Å². The monoisotopic (exact) mass is 359 g/mol. The third-order valence-corrected chi connectivity index (χ3v) is 3.77. The molecule has 0 saturated heterocycles. The molecule has 0 amide bonds. The summed E-state index contributed by atoms with van der Waals surface area (Å²) in [5.41, 5.74) is 3.72. The number of anilines is 1. The predicted molar refractivity (Wildman–Crippen MR) is 89.8 cm³/mol. The van der Waals surface area contributed by atoms with E-state index in [1.807, 2.05) is 0 Å². The number of hydrazone groups is 1. The van der Waals surface area contributed by atoms with Crippen LogP contribution in [0.3, 0.4) is 0 Å². The maximum absolute atomic E-state index is 9.89. The number of pyridine rings is 1. The van der Waals surface area contributed by atoms with E-state index in [0.717, 1.165) is 0 Å². The van der Waals surface area contributed by atoms with Crippen molar-refractivity contribution in [1.29, 1.82) is 0 Å². The van der Waals surface area contributed by atoms with Crippen LogP contribution in [-0.2, 0) is 0 Å². The highest BCUT2D eigenvalue weighted by Crippen LogP contribution is 2.29. The minimum atomic E-state index is 0.0806. The third-order valence-electron chi connectivity index (χ3n) is 2.81. The van der Waals surface area contributed by atoms with E-state index in [0.29, 0.717) is 17.0 Å². The lowest BCUT2D eigenvalue weighted by molar-refractivity contribution is 0.412. The first kappa shape index (κ1) is 16.7. The molecule has 0 spiro atoms. The van der Waals surface area contributed by atoms with Gasteiger partial charge in [0.1, 0.15) is 16.7 Å². The van der Waals surface area contributed by atoms with Crippen LogP contribution in [0.4, 0.5) is 5.82 Å². The lowest BCUT2D eigenvalue weighted by atomic mass is 10.1. The van der Waals surface area contributed by atoms with Crippen LogP contribution in [0.1, 0.15) is 12.5 Å². The van der Waals surface area contributed by atoms with Gasteiger partial charge in [0, 0.05) is 5.56 Å². The van der Waals surface area contributed by atoms with Crippen molar-refractivity contribution < 1.29 is 9.84 Å². The minimum Gasteiger partial charge on any atom is -0.507 e. The van der Waals surface area contributed by atoms with Gasteiger partial charge >= 0.3 is 0 Å². The molecule has 2 aromatic rings. The van der Waals surface area contributed by atoms with Gasteiger partial charge in [-0.25, -0.2) is 4.98 Å². The predicted octanol–water partition coefficient (Wildman–Crippen LogP) is 4.59. The summed E-state index contributed by atoms with van der Waals surface area (Å²) < 4.78 is 5.12. The molecule has 0 aliphatic rings. The van der Waals surface area contributed by atoms with Crippen molar-refractivity contribution in [1.82, 2.24) is 4.98 Å². The fraction of sp³-hybridized carbons (Fsp3) is 0.143. The maximum atomic E-state index is 9.89. The fourth-order valence-electron chi connectivity index (χ4n) is 1.65. The molecule has 1 aromatic heterocycles. The van der Waals surface area contributed by atoms with E-state index in [1.165, 1.54) is 12.1 Å². The Kier molecular flexibility index (Phi) is 5.34. The first-order chi connectivity index (χ1) is 10.4. The minimum absolute atomic E-state index is 0.0806. The Morgan fingerprint density at radius 1 is 1.23 bits per heavy atom. The molecule has 0 aliphatic heterocycles. The first-order valence-corrected chi connectivity index (χ1v) is 7.25. The molecule has 0 bridgehead atoms. The molecule has 0 unspecified atom stereocenters. The molecule has 0 radical (unpaired) electrons. The molecule has 2 N–H and O–H groups in total. The van der Waals surface area contributed by atoms with Gasteiger partial charge in [-0.2, -0.15) is 5.10 Å². The zero-order valence-electron chi connectivity index (χ0n) is 11.7. The molecule has 116 valence electrons. The highest BCUT2D eigenvalue weighted by molar-refractivity contribution is 6.42. The number of benzene rings is 1. The van der Waals surface area contributed by atoms with Crippen LogP contribution in [0.2, 0.25) is 15.2 Å². The number of phenols is 1. The zero-order valence-corrected chi connectivity index (χ0v) is 14.0. The van der Waals surface area contributed by atoms with Crippen LogP contribution in [0.5, 0.6) is 11.5 Å². The number of ether oxygens (including phenoxy) is 1. The van der Waals surface area contributed by atoms with Crippen molar-refractivity contribution >= 4 is 46.3 Å². The van der Waals surface area contributed by atoms with Crippen LogP contribution >= 0.6 is 34.8 Å². The smallest absolute Gasteiger partial charge is 0.166 e. The lowest BCUT2D eigenvalue weighted by Gasteiger charge is -2.08. The number of halogens is 3. The number of methoxy groups -OCH3 is 1. The van der Waals surface area contributed by atoms with Gasteiger partial charge in [0.05, 0.1) is 22.9 Å². The largest absolute Gasteiger partial charge is 0.507 e. The van der Waals surface area contributed by atoms with Gasteiger partial charge < -0.3 is 9.84 Å². The van der Waals surface area contributed by atoms with E-state index in [1.54, 1.807) is 26.2 Å². The second-order valence-electron chi connectivity index (χ2n) is 4.28. The number of hydrogen-bond donors (Lipinski definition) is 2. The molecule has 0 saturated carbocycles. The van der Waals surface area contributed by atoms with E-state index in [-0.39, 0.29) is 26.8 Å². The number of hydrogen-bond acceptors (Lipinski definition) is 5. The van der Waals surface area contributed by atoms with E-state index in [9.17, 15) is 5.11 Å².